The number of fused-ring (bicyclic) bond motifs is 1. The second-order valence-electron chi connectivity index (χ2n) is 5.02. The lowest BCUT2D eigenvalue weighted by Gasteiger charge is -2.14. The van der Waals surface area contributed by atoms with E-state index >= 15 is 0 Å². The van der Waals surface area contributed by atoms with Crippen molar-refractivity contribution in [3.05, 3.63) is 68.2 Å². The highest BCUT2D eigenvalue weighted by atomic mass is 79.9. The number of imide groups is 1. The zero-order valence-electron chi connectivity index (χ0n) is 12.3. The molecule has 0 saturated heterocycles. The van der Waals surface area contributed by atoms with Crippen LogP contribution in [0.15, 0.2) is 46.9 Å². The maximum absolute atomic E-state index is 12.4. The van der Waals surface area contributed by atoms with Crippen LogP contribution in [0.4, 0.5) is 5.69 Å². The van der Waals surface area contributed by atoms with E-state index in [2.05, 4.69) is 15.9 Å². The number of nitrogens with zero attached hydrogens (tertiary/aromatic N) is 2. The maximum atomic E-state index is 12.4. The standard InChI is InChI=1S/C16H11BrN2O5/c17-10-4-6-11(7-5-10)24-9-8-18-15(20)12-2-1-3-13(19(22)23)14(12)16(18)21/h1-7H,8-9H2. The fourth-order valence-corrected chi connectivity index (χ4v) is 2.72. The third-order valence-corrected chi connectivity index (χ3v) is 4.10. The smallest absolute Gasteiger partial charge is 0.282 e. The normalized spacial score (nSPS) is 13.1. The topological polar surface area (TPSA) is 89.8 Å². The predicted octanol–water partition coefficient (Wildman–Crippen LogP) is 3.03. The molecule has 122 valence electrons. The molecule has 0 unspecified atom stereocenters. The van der Waals surface area contributed by atoms with E-state index in [-0.39, 0.29) is 30.0 Å². The monoisotopic (exact) mass is 390 g/mol. The summed E-state index contributed by atoms with van der Waals surface area (Å²) in [6.45, 7) is 0.112. The van der Waals surface area contributed by atoms with E-state index in [1.54, 1.807) is 24.3 Å². The van der Waals surface area contributed by atoms with Crippen molar-refractivity contribution < 1.29 is 19.2 Å². The quantitative estimate of drug-likeness (QED) is 0.444. The molecule has 0 N–H and O–H groups in total. The molecule has 0 bridgehead atoms. The molecule has 0 aromatic heterocycles. The highest BCUT2D eigenvalue weighted by Crippen LogP contribution is 2.30. The van der Waals surface area contributed by atoms with Gasteiger partial charge >= 0.3 is 0 Å². The summed E-state index contributed by atoms with van der Waals surface area (Å²) in [6, 6.07) is 11.1. The van der Waals surface area contributed by atoms with Crippen LogP contribution in [0.25, 0.3) is 0 Å². The number of nitro groups is 1. The summed E-state index contributed by atoms with van der Waals surface area (Å²) in [5.74, 6) is -0.611. The highest BCUT2D eigenvalue weighted by Gasteiger charge is 2.40. The van der Waals surface area contributed by atoms with Gasteiger partial charge in [-0.1, -0.05) is 22.0 Å². The number of nitro benzene ring substituents is 1. The second-order valence-corrected chi connectivity index (χ2v) is 5.94. The fourth-order valence-electron chi connectivity index (χ4n) is 2.46. The first kappa shape index (κ1) is 16.1. The second kappa shape index (κ2) is 6.40. The third-order valence-electron chi connectivity index (χ3n) is 3.57. The van der Waals surface area contributed by atoms with Crippen molar-refractivity contribution in [2.24, 2.45) is 0 Å². The van der Waals surface area contributed by atoms with Crippen LogP contribution in [-0.4, -0.2) is 34.8 Å². The van der Waals surface area contributed by atoms with Crippen LogP contribution in [0.3, 0.4) is 0 Å². The van der Waals surface area contributed by atoms with Crippen LogP contribution in [-0.2, 0) is 0 Å². The summed E-state index contributed by atoms with van der Waals surface area (Å²) >= 11 is 3.31. The van der Waals surface area contributed by atoms with Gasteiger partial charge in [0.1, 0.15) is 17.9 Å². The Kier molecular flexibility index (Phi) is 4.30. The SMILES string of the molecule is O=C1c2cccc([N+](=O)[O-])c2C(=O)N1CCOc1ccc(Br)cc1. The van der Waals surface area contributed by atoms with Gasteiger partial charge in [-0.05, 0) is 30.3 Å². The van der Waals surface area contributed by atoms with E-state index < -0.39 is 16.7 Å². The molecule has 2 amide bonds. The van der Waals surface area contributed by atoms with Gasteiger partial charge in [-0.15, -0.1) is 0 Å². The van der Waals surface area contributed by atoms with Gasteiger partial charge in [0, 0.05) is 10.5 Å². The van der Waals surface area contributed by atoms with Crippen LogP contribution in [0, 0.1) is 10.1 Å². The van der Waals surface area contributed by atoms with E-state index in [4.69, 9.17) is 4.74 Å². The van der Waals surface area contributed by atoms with E-state index in [1.165, 1.54) is 18.2 Å². The molecule has 3 rings (SSSR count). The van der Waals surface area contributed by atoms with Gasteiger partial charge < -0.3 is 4.74 Å². The minimum Gasteiger partial charge on any atom is -0.492 e. The average molecular weight is 391 g/mol. The fraction of sp³-hybridized carbons (Fsp3) is 0.125. The molecule has 0 atom stereocenters. The number of amides is 2. The highest BCUT2D eigenvalue weighted by molar-refractivity contribution is 9.10. The minimum atomic E-state index is -0.665. The minimum absolute atomic E-state index is 0.0135. The summed E-state index contributed by atoms with van der Waals surface area (Å²) in [5, 5.41) is 11.0. The maximum Gasteiger partial charge on any atom is 0.282 e. The van der Waals surface area contributed by atoms with E-state index in [9.17, 15) is 19.7 Å². The Hall–Kier alpha value is -2.74. The number of halogens is 1. The molecule has 0 spiro atoms. The van der Waals surface area contributed by atoms with Gasteiger partial charge in [0.15, 0.2) is 0 Å². The predicted molar refractivity (Wildman–Crippen MR) is 88.1 cm³/mol. The van der Waals surface area contributed by atoms with Crippen molar-refractivity contribution in [1.82, 2.24) is 4.90 Å². The molecule has 0 aliphatic carbocycles. The van der Waals surface area contributed by atoms with E-state index in [0.717, 1.165) is 9.37 Å². The summed E-state index contributed by atoms with van der Waals surface area (Å²) in [4.78, 5) is 36.0. The zero-order chi connectivity index (χ0) is 17.3. The molecule has 0 radical (unpaired) electrons. The number of hydrogen-bond donors (Lipinski definition) is 0. The largest absolute Gasteiger partial charge is 0.492 e. The van der Waals surface area contributed by atoms with Crippen molar-refractivity contribution in [3.8, 4) is 5.75 Å². The van der Waals surface area contributed by atoms with Gasteiger partial charge in [-0.2, -0.15) is 0 Å². The van der Waals surface area contributed by atoms with Crippen molar-refractivity contribution >= 4 is 33.4 Å². The van der Waals surface area contributed by atoms with Gasteiger partial charge in [0.05, 0.1) is 17.0 Å². The first-order valence-corrected chi connectivity index (χ1v) is 7.80. The number of rotatable bonds is 5. The van der Waals surface area contributed by atoms with Crippen LogP contribution in [0.5, 0.6) is 5.75 Å². The first-order valence-electron chi connectivity index (χ1n) is 7.01. The molecule has 1 aliphatic heterocycles. The van der Waals surface area contributed by atoms with Crippen molar-refractivity contribution in [1.29, 1.82) is 0 Å². The zero-order valence-corrected chi connectivity index (χ0v) is 13.9. The van der Waals surface area contributed by atoms with Crippen molar-refractivity contribution in [2.75, 3.05) is 13.2 Å². The molecular weight excluding hydrogens is 380 g/mol. The Morgan fingerprint density at radius 2 is 1.79 bits per heavy atom. The molecule has 0 saturated carbocycles. The van der Waals surface area contributed by atoms with E-state index in [1.807, 2.05) is 0 Å². The summed E-state index contributed by atoms with van der Waals surface area (Å²) in [6.07, 6.45) is 0. The van der Waals surface area contributed by atoms with Crippen molar-refractivity contribution in [2.45, 2.75) is 0 Å². The number of carbonyl (C=O) groups is 2. The van der Waals surface area contributed by atoms with Gasteiger partial charge in [0.2, 0.25) is 0 Å². The summed E-state index contributed by atoms with van der Waals surface area (Å²) < 4.78 is 6.40. The molecule has 7 nitrogen and oxygen atoms in total. The molecule has 1 aliphatic rings. The number of ether oxygens (including phenoxy) is 1. The van der Waals surface area contributed by atoms with Gasteiger partial charge in [-0.3, -0.25) is 24.6 Å². The number of carbonyl (C=O) groups excluding carboxylic acids is 2. The molecule has 8 heteroatoms. The molecule has 0 fully saturated rings. The van der Waals surface area contributed by atoms with Crippen LogP contribution in [0.2, 0.25) is 0 Å². The Labute approximate surface area is 145 Å². The summed E-state index contributed by atoms with van der Waals surface area (Å²) in [7, 11) is 0. The van der Waals surface area contributed by atoms with Crippen LogP contribution < -0.4 is 4.74 Å². The van der Waals surface area contributed by atoms with Crippen molar-refractivity contribution in [3.63, 3.8) is 0 Å². The Morgan fingerprint density at radius 1 is 1.08 bits per heavy atom. The lowest BCUT2D eigenvalue weighted by molar-refractivity contribution is -0.385. The lowest BCUT2D eigenvalue weighted by Crippen LogP contribution is -2.33. The lowest BCUT2D eigenvalue weighted by atomic mass is 10.1. The Bertz CT molecular complexity index is 835. The number of hydrogen-bond acceptors (Lipinski definition) is 5. The molecule has 2 aromatic rings. The molecule has 2 aromatic carbocycles. The van der Waals surface area contributed by atoms with Crippen LogP contribution in [0.1, 0.15) is 20.7 Å². The van der Waals surface area contributed by atoms with Crippen LogP contribution >= 0.6 is 15.9 Å². The first-order chi connectivity index (χ1) is 11.5. The Balaban J connectivity index is 1.73. The molecule has 24 heavy (non-hydrogen) atoms. The third kappa shape index (κ3) is 2.88. The van der Waals surface area contributed by atoms with Gasteiger partial charge in [0.25, 0.3) is 17.5 Å². The average Bonchev–Trinajstić information content (AvgIpc) is 2.81. The molecular formula is C16H11BrN2O5. The number of benzene rings is 2. The molecule has 1 heterocycles. The summed E-state index contributed by atoms with van der Waals surface area (Å²) in [5.41, 5.74) is -0.462. The Morgan fingerprint density at radius 3 is 2.46 bits per heavy atom. The van der Waals surface area contributed by atoms with Gasteiger partial charge in [-0.25, -0.2) is 0 Å². The van der Waals surface area contributed by atoms with E-state index in [0.29, 0.717) is 5.75 Å².